The minimum atomic E-state index is -0.395. The summed E-state index contributed by atoms with van der Waals surface area (Å²) >= 11 is 0. The van der Waals surface area contributed by atoms with Crippen molar-refractivity contribution in [3.63, 3.8) is 0 Å². The Kier molecular flexibility index (Phi) is 2.75. The first-order valence-electron chi connectivity index (χ1n) is 5.06. The minimum absolute atomic E-state index is 0.336. The highest BCUT2D eigenvalue weighted by molar-refractivity contribution is 5.97. The summed E-state index contributed by atoms with van der Waals surface area (Å²) < 4.78 is 4.69. The Hall–Kier alpha value is -2.41. The maximum Gasteiger partial charge on any atom is 0.338 e. The van der Waals surface area contributed by atoms with Crippen molar-refractivity contribution in [2.75, 3.05) is 7.11 Å². The first kappa shape index (κ1) is 11.1. The quantitative estimate of drug-likeness (QED) is 0.699. The second-order valence-corrected chi connectivity index (χ2v) is 3.61. The standard InChI is InChI=1S/C13H10N2O2/c1-8-11(13(16)17-2)6-4-9-3-5-10(7-14)15-12(8)9/h3-6H,1-2H3. The van der Waals surface area contributed by atoms with Gasteiger partial charge in [-0.15, -0.1) is 0 Å². The second-order valence-electron chi connectivity index (χ2n) is 3.61. The molecule has 0 spiro atoms. The molecule has 0 radical (unpaired) electrons. The molecule has 4 nitrogen and oxygen atoms in total. The first-order valence-corrected chi connectivity index (χ1v) is 5.06. The Morgan fingerprint density at radius 3 is 2.71 bits per heavy atom. The average Bonchev–Trinajstić information content (AvgIpc) is 2.38. The van der Waals surface area contributed by atoms with E-state index >= 15 is 0 Å². The summed E-state index contributed by atoms with van der Waals surface area (Å²) in [5, 5.41) is 9.71. The number of aromatic nitrogens is 1. The zero-order valence-corrected chi connectivity index (χ0v) is 9.52. The number of pyridine rings is 1. The summed E-state index contributed by atoms with van der Waals surface area (Å²) in [7, 11) is 1.34. The molecule has 2 aromatic rings. The number of carbonyl (C=O) groups is 1. The zero-order chi connectivity index (χ0) is 12.4. The molecule has 0 amide bonds. The van der Waals surface area contributed by atoms with Crippen LogP contribution in [0.25, 0.3) is 10.9 Å². The second kappa shape index (κ2) is 4.22. The van der Waals surface area contributed by atoms with Crippen LogP contribution in [0, 0.1) is 18.3 Å². The van der Waals surface area contributed by atoms with Crippen LogP contribution in [0.4, 0.5) is 0 Å². The van der Waals surface area contributed by atoms with Crippen LogP contribution >= 0.6 is 0 Å². The fourth-order valence-corrected chi connectivity index (χ4v) is 1.72. The van der Waals surface area contributed by atoms with Crippen molar-refractivity contribution in [3.05, 3.63) is 41.1 Å². The highest BCUT2D eigenvalue weighted by Crippen LogP contribution is 2.21. The third-order valence-corrected chi connectivity index (χ3v) is 2.64. The number of carbonyl (C=O) groups excluding carboxylic acids is 1. The maximum absolute atomic E-state index is 11.5. The third-order valence-electron chi connectivity index (χ3n) is 2.64. The van der Waals surface area contributed by atoms with E-state index in [1.807, 2.05) is 12.1 Å². The van der Waals surface area contributed by atoms with Gasteiger partial charge in [-0.25, -0.2) is 9.78 Å². The number of methoxy groups -OCH3 is 1. The van der Waals surface area contributed by atoms with Gasteiger partial charge in [-0.05, 0) is 30.7 Å². The van der Waals surface area contributed by atoms with Crippen molar-refractivity contribution in [2.24, 2.45) is 0 Å². The highest BCUT2D eigenvalue weighted by atomic mass is 16.5. The summed E-state index contributed by atoms with van der Waals surface area (Å²) in [6.07, 6.45) is 0. The van der Waals surface area contributed by atoms with Crippen LogP contribution in [0.5, 0.6) is 0 Å². The number of aryl methyl sites for hydroxylation is 1. The van der Waals surface area contributed by atoms with Gasteiger partial charge in [0.25, 0.3) is 0 Å². The number of fused-ring (bicyclic) bond motifs is 1. The topological polar surface area (TPSA) is 63.0 Å². The van der Waals surface area contributed by atoms with Gasteiger partial charge in [-0.1, -0.05) is 6.07 Å². The molecule has 0 saturated carbocycles. The van der Waals surface area contributed by atoms with E-state index in [2.05, 4.69) is 4.98 Å². The summed E-state index contributed by atoms with van der Waals surface area (Å²) in [5.74, 6) is -0.395. The maximum atomic E-state index is 11.5. The van der Waals surface area contributed by atoms with Crippen LogP contribution in [0.15, 0.2) is 24.3 Å². The number of esters is 1. The number of nitrogens with zero attached hydrogens (tertiary/aromatic N) is 2. The molecule has 0 aliphatic rings. The van der Waals surface area contributed by atoms with E-state index in [-0.39, 0.29) is 0 Å². The van der Waals surface area contributed by atoms with E-state index in [0.717, 1.165) is 10.9 Å². The van der Waals surface area contributed by atoms with Gasteiger partial charge in [0.15, 0.2) is 0 Å². The predicted octanol–water partition coefficient (Wildman–Crippen LogP) is 2.20. The highest BCUT2D eigenvalue weighted by Gasteiger charge is 2.12. The summed E-state index contributed by atoms with van der Waals surface area (Å²) in [6.45, 7) is 1.79. The Bertz CT molecular complexity index is 642. The Morgan fingerprint density at radius 2 is 2.06 bits per heavy atom. The van der Waals surface area contributed by atoms with Crippen LogP contribution in [-0.2, 0) is 4.74 Å². The molecule has 2 rings (SSSR count). The number of hydrogen-bond acceptors (Lipinski definition) is 4. The Balaban J connectivity index is 2.73. The molecule has 0 unspecified atom stereocenters. The normalized spacial score (nSPS) is 9.94. The van der Waals surface area contributed by atoms with Gasteiger partial charge in [0, 0.05) is 5.39 Å². The fourth-order valence-electron chi connectivity index (χ4n) is 1.72. The smallest absolute Gasteiger partial charge is 0.338 e. The van der Waals surface area contributed by atoms with Crippen LogP contribution in [0.3, 0.4) is 0 Å². The van der Waals surface area contributed by atoms with E-state index in [4.69, 9.17) is 10.00 Å². The van der Waals surface area contributed by atoms with Gasteiger partial charge in [0.05, 0.1) is 18.2 Å². The molecule has 1 aromatic carbocycles. The minimum Gasteiger partial charge on any atom is -0.465 e. The molecule has 0 bridgehead atoms. The van der Waals surface area contributed by atoms with Gasteiger partial charge < -0.3 is 4.74 Å². The van der Waals surface area contributed by atoms with Crippen molar-refractivity contribution in [1.82, 2.24) is 4.98 Å². The lowest BCUT2D eigenvalue weighted by atomic mass is 10.0. The molecule has 84 valence electrons. The third kappa shape index (κ3) is 1.83. The lowest BCUT2D eigenvalue weighted by Crippen LogP contribution is -2.04. The van der Waals surface area contributed by atoms with E-state index in [1.165, 1.54) is 7.11 Å². The van der Waals surface area contributed by atoms with Gasteiger partial charge >= 0.3 is 5.97 Å². The lowest BCUT2D eigenvalue weighted by Gasteiger charge is -2.06. The molecule has 0 atom stereocenters. The lowest BCUT2D eigenvalue weighted by molar-refractivity contribution is 0.0600. The fraction of sp³-hybridized carbons (Fsp3) is 0.154. The molecule has 0 saturated heterocycles. The molecular weight excluding hydrogens is 216 g/mol. The number of nitriles is 1. The van der Waals surface area contributed by atoms with Gasteiger partial charge in [0.1, 0.15) is 11.8 Å². The van der Waals surface area contributed by atoms with Crippen molar-refractivity contribution >= 4 is 16.9 Å². The molecule has 0 N–H and O–H groups in total. The molecule has 0 aliphatic carbocycles. The summed E-state index contributed by atoms with van der Waals surface area (Å²) in [5.41, 5.74) is 2.20. The monoisotopic (exact) mass is 226 g/mol. The van der Waals surface area contributed by atoms with Crippen molar-refractivity contribution in [3.8, 4) is 6.07 Å². The van der Waals surface area contributed by atoms with Gasteiger partial charge in [0.2, 0.25) is 0 Å². The predicted molar refractivity (Wildman–Crippen MR) is 62.5 cm³/mol. The van der Waals surface area contributed by atoms with Crippen LogP contribution < -0.4 is 0 Å². The molecule has 0 fully saturated rings. The SMILES string of the molecule is COC(=O)c1ccc2ccc(C#N)nc2c1C. The molecule has 4 heteroatoms. The molecule has 1 aromatic heterocycles. The van der Waals surface area contributed by atoms with E-state index < -0.39 is 5.97 Å². The van der Waals surface area contributed by atoms with Gasteiger partial charge in [-0.2, -0.15) is 5.26 Å². The van der Waals surface area contributed by atoms with Crippen molar-refractivity contribution in [2.45, 2.75) is 6.92 Å². The molecule has 1 heterocycles. The molecular formula is C13H10N2O2. The van der Waals surface area contributed by atoms with Gasteiger partial charge in [-0.3, -0.25) is 0 Å². The first-order chi connectivity index (χ1) is 8.17. The summed E-state index contributed by atoms with van der Waals surface area (Å²) in [4.78, 5) is 15.7. The van der Waals surface area contributed by atoms with E-state index in [0.29, 0.717) is 16.8 Å². The Labute approximate surface area is 98.5 Å². The largest absolute Gasteiger partial charge is 0.465 e. The van der Waals surface area contributed by atoms with Crippen LogP contribution in [-0.4, -0.2) is 18.1 Å². The number of rotatable bonds is 1. The van der Waals surface area contributed by atoms with E-state index in [1.54, 1.807) is 25.1 Å². The molecule has 17 heavy (non-hydrogen) atoms. The van der Waals surface area contributed by atoms with Crippen molar-refractivity contribution < 1.29 is 9.53 Å². The zero-order valence-electron chi connectivity index (χ0n) is 9.52. The van der Waals surface area contributed by atoms with E-state index in [9.17, 15) is 4.79 Å². The Morgan fingerprint density at radius 1 is 1.35 bits per heavy atom. The average molecular weight is 226 g/mol. The van der Waals surface area contributed by atoms with Crippen LogP contribution in [0.2, 0.25) is 0 Å². The van der Waals surface area contributed by atoms with Crippen LogP contribution in [0.1, 0.15) is 21.6 Å². The number of benzene rings is 1. The number of ether oxygens (including phenoxy) is 1. The summed E-state index contributed by atoms with van der Waals surface area (Å²) in [6, 6.07) is 8.95. The molecule has 0 aliphatic heterocycles. The number of hydrogen-bond donors (Lipinski definition) is 0. The van der Waals surface area contributed by atoms with Crippen molar-refractivity contribution in [1.29, 1.82) is 5.26 Å².